The largest absolute Gasteiger partial charge is 0.312 e. The summed E-state index contributed by atoms with van der Waals surface area (Å²) in [6, 6.07) is 11.2. The number of hydrogen-bond acceptors (Lipinski definition) is 2. The highest BCUT2D eigenvalue weighted by molar-refractivity contribution is 7.15. The first-order valence-corrected chi connectivity index (χ1v) is 6.54. The lowest BCUT2D eigenvalue weighted by Crippen LogP contribution is -2.21. The lowest BCUT2D eigenvalue weighted by Gasteiger charge is -2.10. The van der Waals surface area contributed by atoms with Gasteiger partial charge in [0.25, 0.3) is 0 Å². The van der Waals surface area contributed by atoms with E-state index in [-0.39, 0.29) is 0 Å². The van der Waals surface area contributed by atoms with Crippen molar-refractivity contribution in [2.75, 3.05) is 6.54 Å². The fourth-order valence-electron chi connectivity index (χ4n) is 2.11. The van der Waals surface area contributed by atoms with Gasteiger partial charge in [0, 0.05) is 22.8 Å². The van der Waals surface area contributed by atoms with Gasteiger partial charge >= 0.3 is 0 Å². The number of benzene rings is 1. The SMILES string of the molecule is Cc1ccc(-c2cc3c(s2)CCNC3)cc1. The molecule has 1 aliphatic rings. The molecule has 0 bridgehead atoms. The molecule has 1 aromatic carbocycles. The van der Waals surface area contributed by atoms with Crippen LogP contribution in [0.25, 0.3) is 10.4 Å². The third-order valence-corrected chi connectivity index (χ3v) is 4.36. The number of fused-ring (bicyclic) bond motifs is 1. The second kappa shape index (κ2) is 4.04. The molecule has 0 radical (unpaired) electrons. The molecule has 0 spiro atoms. The standard InChI is InChI=1S/C14H15NS/c1-10-2-4-11(5-3-10)14-8-12-9-15-7-6-13(12)16-14/h2-5,8,15H,6-7,9H2,1H3. The number of hydrogen-bond donors (Lipinski definition) is 1. The topological polar surface area (TPSA) is 12.0 Å². The van der Waals surface area contributed by atoms with Crippen molar-refractivity contribution in [1.29, 1.82) is 0 Å². The Balaban J connectivity index is 2.00. The van der Waals surface area contributed by atoms with Crippen LogP contribution in [0, 0.1) is 6.92 Å². The zero-order chi connectivity index (χ0) is 11.0. The second-order valence-corrected chi connectivity index (χ2v) is 5.49. The van der Waals surface area contributed by atoms with Gasteiger partial charge in [0.1, 0.15) is 0 Å². The summed E-state index contributed by atoms with van der Waals surface area (Å²) < 4.78 is 0. The van der Waals surface area contributed by atoms with Crippen LogP contribution in [0.5, 0.6) is 0 Å². The summed E-state index contributed by atoms with van der Waals surface area (Å²) in [7, 11) is 0. The Morgan fingerprint density at radius 3 is 2.75 bits per heavy atom. The highest BCUT2D eigenvalue weighted by Crippen LogP contribution is 2.33. The number of rotatable bonds is 1. The summed E-state index contributed by atoms with van der Waals surface area (Å²) in [5.41, 5.74) is 4.17. The molecule has 0 saturated heterocycles. The van der Waals surface area contributed by atoms with Gasteiger partial charge in [0.05, 0.1) is 0 Å². The molecule has 16 heavy (non-hydrogen) atoms. The Morgan fingerprint density at radius 1 is 1.19 bits per heavy atom. The molecule has 0 fully saturated rings. The van der Waals surface area contributed by atoms with Crippen LogP contribution in [-0.4, -0.2) is 6.54 Å². The summed E-state index contributed by atoms with van der Waals surface area (Å²) in [5.74, 6) is 0. The van der Waals surface area contributed by atoms with E-state index in [2.05, 4.69) is 42.6 Å². The molecular formula is C14H15NS. The molecule has 0 atom stereocenters. The zero-order valence-electron chi connectivity index (χ0n) is 9.42. The number of aryl methyl sites for hydroxylation is 1. The first-order valence-electron chi connectivity index (χ1n) is 5.72. The van der Waals surface area contributed by atoms with E-state index in [0.717, 1.165) is 13.1 Å². The molecular weight excluding hydrogens is 214 g/mol. The molecule has 0 saturated carbocycles. The summed E-state index contributed by atoms with van der Waals surface area (Å²) in [4.78, 5) is 2.98. The molecule has 2 heterocycles. The summed E-state index contributed by atoms with van der Waals surface area (Å²) in [6.45, 7) is 4.30. The maximum atomic E-state index is 3.42. The maximum Gasteiger partial charge on any atom is 0.0349 e. The zero-order valence-corrected chi connectivity index (χ0v) is 10.2. The monoisotopic (exact) mass is 229 g/mol. The first-order chi connectivity index (χ1) is 7.83. The van der Waals surface area contributed by atoms with Crippen molar-refractivity contribution in [3.8, 4) is 10.4 Å². The Kier molecular flexibility index (Phi) is 2.54. The molecule has 1 N–H and O–H groups in total. The minimum Gasteiger partial charge on any atom is -0.312 e. The predicted octanol–water partition coefficient (Wildman–Crippen LogP) is 3.37. The molecule has 1 aliphatic heterocycles. The maximum absolute atomic E-state index is 3.42. The van der Waals surface area contributed by atoms with Crippen LogP contribution < -0.4 is 5.32 Å². The van der Waals surface area contributed by atoms with Crippen LogP contribution in [0.2, 0.25) is 0 Å². The Hall–Kier alpha value is -1.12. The van der Waals surface area contributed by atoms with Crippen LogP contribution in [0.3, 0.4) is 0 Å². The van der Waals surface area contributed by atoms with E-state index in [4.69, 9.17) is 0 Å². The highest BCUT2D eigenvalue weighted by atomic mass is 32.1. The van der Waals surface area contributed by atoms with Gasteiger partial charge in [-0.05, 0) is 30.5 Å². The number of nitrogens with one attached hydrogen (secondary N) is 1. The third-order valence-electron chi connectivity index (χ3n) is 3.08. The molecule has 1 aromatic heterocycles. The molecule has 0 amide bonds. The van der Waals surface area contributed by atoms with Crippen LogP contribution in [0.1, 0.15) is 16.0 Å². The van der Waals surface area contributed by atoms with Crippen molar-refractivity contribution in [2.45, 2.75) is 19.9 Å². The lowest BCUT2D eigenvalue weighted by molar-refractivity contribution is 0.653. The second-order valence-electron chi connectivity index (χ2n) is 4.35. The van der Waals surface area contributed by atoms with Crippen molar-refractivity contribution < 1.29 is 0 Å². The van der Waals surface area contributed by atoms with Gasteiger partial charge in [0.15, 0.2) is 0 Å². The van der Waals surface area contributed by atoms with E-state index in [1.54, 1.807) is 4.88 Å². The van der Waals surface area contributed by atoms with Gasteiger partial charge in [-0.15, -0.1) is 11.3 Å². The highest BCUT2D eigenvalue weighted by Gasteiger charge is 2.13. The van der Waals surface area contributed by atoms with Gasteiger partial charge in [-0.25, -0.2) is 0 Å². The van der Waals surface area contributed by atoms with Crippen LogP contribution in [0.15, 0.2) is 30.3 Å². The van der Waals surface area contributed by atoms with Gasteiger partial charge in [-0.2, -0.15) is 0 Å². The Bertz CT molecular complexity index is 472. The molecule has 2 heteroatoms. The molecule has 1 nitrogen and oxygen atoms in total. The molecule has 0 aliphatic carbocycles. The van der Waals surface area contributed by atoms with Crippen LogP contribution >= 0.6 is 11.3 Å². The number of thiophene rings is 1. The van der Waals surface area contributed by atoms with E-state index in [1.807, 2.05) is 11.3 Å². The summed E-state index contributed by atoms with van der Waals surface area (Å²) in [5, 5.41) is 3.42. The molecule has 2 aromatic rings. The molecule has 3 rings (SSSR count). The summed E-state index contributed by atoms with van der Waals surface area (Å²) in [6.07, 6.45) is 1.19. The molecule has 0 unspecified atom stereocenters. The minimum atomic E-state index is 1.04. The predicted molar refractivity (Wildman–Crippen MR) is 69.9 cm³/mol. The smallest absolute Gasteiger partial charge is 0.0349 e. The fraction of sp³-hybridized carbons (Fsp3) is 0.286. The average Bonchev–Trinajstić information content (AvgIpc) is 2.73. The van der Waals surface area contributed by atoms with Crippen molar-refractivity contribution in [3.63, 3.8) is 0 Å². The van der Waals surface area contributed by atoms with Crippen LogP contribution in [0.4, 0.5) is 0 Å². The van der Waals surface area contributed by atoms with Crippen molar-refractivity contribution in [1.82, 2.24) is 5.32 Å². The Labute approximate surface area is 100 Å². The van der Waals surface area contributed by atoms with Crippen molar-refractivity contribution in [3.05, 3.63) is 46.3 Å². The quantitative estimate of drug-likeness (QED) is 0.790. The third kappa shape index (κ3) is 1.79. The van der Waals surface area contributed by atoms with E-state index < -0.39 is 0 Å². The van der Waals surface area contributed by atoms with Gasteiger partial charge in [-0.1, -0.05) is 29.8 Å². The van der Waals surface area contributed by atoms with Crippen molar-refractivity contribution in [2.24, 2.45) is 0 Å². The minimum absolute atomic E-state index is 1.04. The van der Waals surface area contributed by atoms with Crippen LogP contribution in [-0.2, 0) is 13.0 Å². The van der Waals surface area contributed by atoms with E-state index in [1.165, 1.54) is 28.0 Å². The first kappa shape index (κ1) is 10.1. The van der Waals surface area contributed by atoms with E-state index >= 15 is 0 Å². The normalized spacial score (nSPS) is 14.8. The van der Waals surface area contributed by atoms with Gasteiger partial charge in [0.2, 0.25) is 0 Å². The van der Waals surface area contributed by atoms with Gasteiger partial charge < -0.3 is 5.32 Å². The Morgan fingerprint density at radius 2 is 2.00 bits per heavy atom. The average molecular weight is 229 g/mol. The lowest BCUT2D eigenvalue weighted by atomic mass is 10.1. The van der Waals surface area contributed by atoms with E-state index in [0.29, 0.717) is 0 Å². The van der Waals surface area contributed by atoms with E-state index in [9.17, 15) is 0 Å². The van der Waals surface area contributed by atoms with Crippen molar-refractivity contribution >= 4 is 11.3 Å². The summed E-state index contributed by atoms with van der Waals surface area (Å²) >= 11 is 1.95. The molecule has 82 valence electrons. The fourth-order valence-corrected chi connectivity index (χ4v) is 3.30. The van der Waals surface area contributed by atoms with Gasteiger partial charge in [-0.3, -0.25) is 0 Å².